The number of carboxylic acids is 1. The van der Waals surface area contributed by atoms with Gasteiger partial charge in [0.05, 0.1) is 24.4 Å². The number of thioether (sulfide) groups is 1. The van der Waals surface area contributed by atoms with Gasteiger partial charge in [0.1, 0.15) is 5.70 Å². The summed E-state index contributed by atoms with van der Waals surface area (Å²) in [7, 11) is 0. The molecule has 3 aliphatic heterocycles. The van der Waals surface area contributed by atoms with Gasteiger partial charge in [-0.15, -0.1) is 24.2 Å². The van der Waals surface area contributed by atoms with Crippen molar-refractivity contribution in [1.82, 2.24) is 20.2 Å². The fourth-order valence-corrected chi connectivity index (χ4v) is 6.29. The van der Waals surface area contributed by atoms with Gasteiger partial charge in [-0.3, -0.25) is 4.79 Å². The molecule has 0 aliphatic carbocycles. The van der Waals surface area contributed by atoms with Crippen LogP contribution < -0.4 is 5.32 Å². The minimum absolute atomic E-state index is 0. The van der Waals surface area contributed by atoms with Gasteiger partial charge in [-0.05, 0) is 13.3 Å². The number of nitrogens with one attached hydrogen (secondary N) is 2. The normalized spacial score (nSPS) is 33.2. The van der Waals surface area contributed by atoms with Gasteiger partial charge in [-0.2, -0.15) is 0 Å². The molecular weight excluding hydrogens is 416 g/mol. The summed E-state index contributed by atoms with van der Waals surface area (Å²) in [4.78, 5) is 33.8. The number of β-lactam (4-membered cyclic amide) rings is 1. The van der Waals surface area contributed by atoms with Crippen LogP contribution in [0.5, 0.6) is 0 Å². The minimum Gasteiger partial charge on any atom is -0.477 e. The van der Waals surface area contributed by atoms with Crippen molar-refractivity contribution in [3.8, 4) is 0 Å². The molecule has 29 heavy (non-hydrogen) atoms. The average Bonchev–Trinajstić information content (AvgIpc) is 3.35. The van der Waals surface area contributed by atoms with E-state index < -0.39 is 18.0 Å². The monoisotopic (exact) mass is 442 g/mol. The Bertz CT molecular complexity index is 815. The number of hydrogen-bond acceptors (Lipinski definition) is 6. The van der Waals surface area contributed by atoms with Crippen LogP contribution >= 0.6 is 24.2 Å². The fourth-order valence-electron chi connectivity index (χ4n) is 4.79. The van der Waals surface area contributed by atoms with Crippen LogP contribution in [-0.2, 0) is 9.59 Å². The summed E-state index contributed by atoms with van der Waals surface area (Å²) in [5.41, 5.74) is 1.19. The number of nitrogens with zero attached hydrogens (tertiary/aromatic N) is 2. The molecule has 0 saturated carbocycles. The molecule has 0 spiro atoms. The second-order valence-electron chi connectivity index (χ2n) is 8.06. The van der Waals surface area contributed by atoms with Crippen molar-refractivity contribution in [3.05, 3.63) is 28.8 Å². The minimum atomic E-state index is -1.07. The van der Waals surface area contributed by atoms with Crippen molar-refractivity contribution in [3.63, 3.8) is 0 Å². The van der Waals surface area contributed by atoms with E-state index in [4.69, 9.17) is 0 Å². The molecule has 7 atom stereocenters. The lowest BCUT2D eigenvalue weighted by atomic mass is 9.79. The largest absolute Gasteiger partial charge is 0.477 e. The molecule has 1 aromatic rings. The summed E-state index contributed by atoms with van der Waals surface area (Å²) in [6, 6.07) is 0.0302. The van der Waals surface area contributed by atoms with Gasteiger partial charge < -0.3 is 25.4 Å². The molecule has 4 rings (SSSR count). The first kappa shape index (κ1) is 22.1. The molecule has 1 aromatic heterocycles. The molecule has 1 unspecified atom stereocenters. The van der Waals surface area contributed by atoms with Crippen molar-refractivity contribution in [1.29, 1.82) is 0 Å². The highest BCUT2D eigenvalue weighted by Crippen LogP contribution is 2.52. The number of aliphatic hydroxyl groups is 1. The number of fused-ring (bicyclic) bond motifs is 1. The number of carbonyl (C=O) groups is 2. The number of aliphatic hydroxyl groups excluding tert-OH is 1. The maximum atomic E-state index is 12.4. The van der Waals surface area contributed by atoms with Crippen LogP contribution in [0.25, 0.3) is 0 Å². The van der Waals surface area contributed by atoms with E-state index in [1.165, 1.54) is 4.90 Å². The van der Waals surface area contributed by atoms with Gasteiger partial charge in [-0.1, -0.05) is 13.8 Å². The van der Waals surface area contributed by atoms with Crippen LogP contribution in [0.1, 0.15) is 38.8 Å². The highest BCUT2D eigenvalue weighted by molar-refractivity contribution is 8.03. The number of amides is 1. The van der Waals surface area contributed by atoms with Crippen molar-refractivity contribution >= 4 is 36.0 Å². The van der Waals surface area contributed by atoms with E-state index in [9.17, 15) is 19.8 Å². The van der Waals surface area contributed by atoms with Crippen LogP contribution in [0.15, 0.2) is 23.1 Å². The summed E-state index contributed by atoms with van der Waals surface area (Å²) in [5.74, 6) is -1.67. The number of aromatic amines is 1. The molecule has 0 radical (unpaired) electrons. The van der Waals surface area contributed by atoms with Crippen molar-refractivity contribution in [2.75, 3.05) is 6.54 Å². The standard InChI is InChI=1S/C19H26N4O4S.ClH/c1-8(13-6-20-7-22-13)12-4-11(5-21-12)28-17-9(2)15-14(10(3)24)18(25)23(15)16(17)19(26)27;/h6-12,14-15,21,24H,4-5H2,1-3H3,(H,20,22)(H,26,27);1H/t8?,9-,10-,11+,12-,14-,15-;/m1./s1. The maximum Gasteiger partial charge on any atom is 0.353 e. The quantitative estimate of drug-likeness (QED) is 0.493. The summed E-state index contributed by atoms with van der Waals surface area (Å²) in [6.07, 6.45) is 3.65. The Labute approximate surface area is 179 Å². The summed E-state index contributed by atoms with van der Waals surface area (Å²) in [6.45, 7) is 6.50. The Morgan fingerprint density at radius 3 is 2.72 bits per heavy atom. The number of hydrogen-bond donors (Lipinski definition) is 4. The second-order valence-corrected chi connectivity index (χ2v) is 9.40. The molecule has 4 N–H and O–H groups in total. The van der Waals surface area contributed by atoms with Crippen LogP contribution in [0, 0.1) is 11.8 Å². The molecule has 0 bridgehead atoms. The van der Waals surface area contributed by atoms with Crippen molar-refractivity contribution < 1.29 is 19.8 Å². The number of imidazole rings is 1. The van der Waals surface area contributed by atoms with Gasteiger partial charge in [0.2, 0.25) is 5.91 Å². The van der Waals surface area contributed by atoms with E-state index in [1.54, 1.807) is 25.0 Å². The zero-order chi connectivity index (χ0) is 20.2. The number of aliphatic carboxylic acids is 1. The lowest BCUT2D eigenvalue weighted by molar-refractivity contribution is -0.163. The predicted molar refractivity (Wildman–Crippen MR) is 112 cm³/mol. The average molecular weight is 443 g/mol. The lowest BCUT2D eigenvalue weighted by Gasteiger charge is -2.46. The van der Waals surface area contributed by atoms with E-state index >= 15 is 0 Å². The summed E-state index contributed by atoms with van der Waals surface area (Å²) in [5, 5.41) is 23.5. The molecule has 2 saturated heterocycles. The van der Waals surface area contributed by atoms with Gasteiger partial charge in [0.25, 0.3) is 0 Å². The Morgan fingerprint density at radius 2 is 2.14 bits per heavy atom. The summed E-state index contributed by atoms with van der Waals surface area (Å²) < 4.78 is 0. The smallest absolute Gasteiger partial charge is 0.353 e. The Kier molecular flexibility index (Phi) is 6.33. The lowest BCUT2D eigenvalue weighted by Crippen LogP contribution is -2.63. The Morgan fingerprint density at radius 1 is 1.41 bits per heavy atom. The third-order valence-corrected chi connectivity index (χ3v) is 7.85. The number of H-pyrrole nitrogens is 1. The Balaban J connectivity index is 0.00000240. The van der Waals surface area contributed by atoms with Gasteiger partial charge >= 0.3 is 5.97 Å². The molecule has 3 aliphatic rings. The molecule has 4 heterocycles. The molecule has 10 heteroatoms. The highest BCUT2D eigenvalue weighted by atomic mass is 35.5. The number of aromatic nitrogens is 2. The van der Waals surface area contributed by atoms with Crippen LogP contribution in [0.4, 0.5) is 0 Å². The van der Waals surface area contributed by atoms with E-state index in [0.29, 0.717) is 0 Å². The number of carbonyl (C=O) groups excluding carboxylic acids is 1. The topological polar surface area (TPSA) is 119 Å². The zero-order valence-corrected chi connectivity index (χ0v) is 18.2. The van der Waals surface area contributed by atoms with Crippen LogP contribution in [0.3, 0.4) is 0 Å². The van der Waals surface area contributed by atoms with Crippen LogP contribution in [0.2, 0.25) is 0 Å². The first-order chi connectivity index (χ1) is 13.3. The SMILES string of the molecule is CC(c1cnc[nH]1)[C@H]1C[C@H](SC2=C(C(=O)O)N3C(=O)[C@H]([C@@H](C)O)[C@H]3[C@H]2C)CN1.Cl. The summed E-state index contributed by atoms with van der Waals surface area (Å²) >= 11 is 1.58. The molecule has 8 nitrogen and oxygen atoms in total. The van der Waals surface area contributed by atoms with E-state index in [2.05, 4.69) is 22.2 Å². The van der Waals surface area contributed by atoms with Gasteiger partial charge in [0, 0.05) is 46.5 Å². The second kappa shape index (κ2) is 8.29. The first-order valence-electron chi connectivity index (χ1n) is 9.68. The number of rotatable bonds is 6. The molecule has 1 amide bonds. The van der Waals surface area contributed by atoms with Crippen molar-refractivity contribution in [2.45, 2.75) is 56.5 Å². The molecule has 2 fully saturated rings. The zero-order valence-electron chi connectivity index (χ0n) is 16.5. The van der Waals surface area contributed by atoms with E-state index in [-0.39, 0.29) is 53.2 Å². The predicted octanol–water partition coefficient (Wildman–Crippen LogP) is 1.55. The number of halogens is 1. The highest BCUT2D eigenvalue weighted by Gasteiger charge is 2.60. The van der Waals surface area contributed by atoms with E-state index in [1.807, 2.05) is 13.1 Å². The van der Waals surface area contributed by atoms with E-state index in [0.717, 1.165) is 23.6 Å². The Hall–Kier alpha value is -1.55. The van der Waals surface area contributed by atoms with Crippen LogP contribution in [-0.4, -0.2) is 66.9 Å². The van der Waals surface area contributed by atoms with Gasteiger partial charge in [-0.25, -0.2) is 9.78 Å². The molecule has 0 aromatic carbocycles. The van der Waals surface area contributed by atoms with Crippen molar-refractivity contribution in [2.24, 2.45) is 11.8 Å². The number of carboxylic acid groups (broad SMARTS) is 1. The maximum absolute atomic E-state index is 12.4. The third kappa shape index (κ3) is 3.58. The van der Waals surface area contributed by atoms with Gasteiger partial charge in [0.15, 0.2) is 0 Å². The first-order valence-corrected chi connectivity index (χ1v) is 10.6. The fraction of sp³-hybridized carbons (Fsp3) is 0.632. The third-order valence-electron chi connectivity index (χ3n) is 6.34. The molecule has 160 valence electrons. The molecular formula is C19H27ClN4O4S.